The third-order valence-electron chi connectivity index (χ3n) is 4.45. The number of aryl methyl sites for hydroxylation is 2. The van der Waals surface area contributed by atoms with E-state index in [0.29, 0.717) is 5.41 Å². The molecule has 3 heterocycles. The Morgan fingerprint density at radius 3 is 2.91 bits per heavy atom. The zero-order chi connectivity index (χ0) is 15.2. The van der Waals surface area contributed by atoms with Crippen LogP contribution in [0.15, 0.2) is 23.8 Å². The summed E-state index contributed by atoms with van der Waals surface area (Å²) in [5, 5.41) is 6.78. The third kappa shape index (κ3) is 2.47. The normalized spacial score (nSPS) is 16.1. The van der Waals surface area contributed by atoms with Crippen molar-refractivity contribution in [2.24, 2.45) is 5.41 Å². The van der Waals surface area contributed by atoms with Crippen LogP contribution in [0.4, 0.5) is 5.82 Å². The van der Waals surface area contributed by atoms with Crippen LogP contribution in [-0.2, 0) is 6.54 Å². The number of hydrogen-bond donors (Lipinski definition) is 1. The molecule has 0 aromatic carbocycles. The molecule has 0 spiro atoms. The highest BCUT2D eigenvalue weighted by Crippen LogP contribution is 2.47. The second kappa shape index (κ2) is 5.05. The highest BCUT2D eigenvalue weighted by molar-refractivity contribution is 7.16. The van der Waals surface area contributed by atoms with Crippen molar-refractivity contribution in [3.8, 4) is 0 Å². The molecule has 4 rings (SSSR count). The van der Waals surface area contributed by atoms with Crippen LogP contribution < -0.4 is 5.32 Å². The van der Waals surface area contributed by atoms with E-state index in [1.807, 2.05) is 13.1 Å². The van der Waals surface area contributed by atoms with E-state index >= 15 is 0 Å². The molecule has 6 heteroatoms. The average molecular weight is 313 g/mol. The largest absolute Gasteiger partial charge is 0.369 e. The van der Waals surface area contributed by atoms with Crippen LogP contribution >= 0.6 is 11.3 Å². The maximum atomic E-state index is 4.58. The van der Waals surface area contributed by atoms with E-state index < -0.39 is 0 Å². The summed E-state index contributed by atoms with van der Waals surface area (Å²) in [6, 6.07) is 2.10. The minimum atomic E-state index is 0.340. The fourth-order valence-electron chi connectivity index (χ4n) is 2.87. The van der Waals surface area contributed by atoms with E-state index in [9.17, 15) is 0 Å². The van der Waals surface area contributed by atoms with Gasteiger partial charge in [-0.25, -0.2) is 15.0 Å². The van der Waals surface area contributed by atoms with Gasteiger partial charge in [-0.1, -0.05) is 0 Å². The Balaban J connectivity index is 1.52. The third-order valence-corrected chi connectivity index (χ3v) is 5.26. The minimum Gasteiger partial charge on any atom is -0.369 e. The fraction of sp³-hybridized carbons (Fsp3) is 0.438. The van der Waals surface area contributed by atoms with Crippen LogP contribution in [0, 0.1) is 19.3 Å². The van der Waals surface area contributed by atoms with E-state index in [2.05, 4.69) is 49.4 Å². The van der Waals surface area contributed by atoms with Crippen LogP contribution in [0.3, 0.4) is 0 Å². The molecule has 1 aliphatic rings. The number of rotatable bonds is 5. The van der Waals surface area contributed by atoms with E-state index in [1.54, 1.807) is 11.3 Å². The van der Waals surface area contributed by atoms with Gasteiger partial charge in [-0.15, -0.1) is 11.3 Å². The zero-order valence-corrected chi connectivity index (χ0v) is 13.7. The van der Waals surface area contributed by atoms with Gasteiger partial charge in [0.15, 0.2) is 0 Å². The van der Waals surface area contributed by atoms with Gasteiger partial charge in [0, 0.05) is 30.9 Å². The summed E-state index contributed by atoms with van der Waals surface area (Å²) in [5.41, 5.74) is 0.340. The number of aromatic nitrogens is 4. The van der Waals surface area contributed by atoms with Crippen molar-refractivity contribution in [3.05, 3.63) is 35.5 Å². The van der Waals surface area contributed by atoms with Crippen LogP contribution in [0.25, 0.3) is 10.2 Å². The number of nitrogens with one attached hydrogen (secondary N) is 1. The van der Waals surface area contributed by atoms with Gasteiger partial charge in [-0.3, -0.25) is 0 Å². The van der Waals surface area contributed by atoms with Gasteiger partial charge in [0.2, 0.25) is 0 Å². The Labute approximate surface area is 133 Å². The Morgan fingerprint density at radius 2 is 2.18 bits per heavy atom. The highest BCUT2D eigenvalue weighted by Gasteiger charge is 2.43. The van der Waals surface area contributed by atoms with Gasteiger partial charge < -0.3 is 9.88 Å². The molecule has 22 heavy (non-hydrogen) atoms. The molecule has 0 bridgehead atoms. The lowest BCUT2D eigenvalue weighted by Crippen LogP contribution is -2.22. The Hall–Kier alpha value is -1.95. The molecule has 5 nitrogen and oxygen atoms in total. The number of imidazole rings is 1. The lowest BCUT2D eigenvalue weighted by molar-refractivity contribution is 0.438. The van der Waals surface area contributed by atoms with Crippen molar-refractivity contribution in [2.75, 3.05) is 11.9 Å². The molecular formula is C16H19N5S. The van der Waals surface area contributed by atoms with E-state index in [1.165, 1.54) is 12.8 Å². The van der Waals surface area contributed by atoms with Crippen molar-refractivity contribution in [1.82, 2.24) is 19.5 Å². The molecule has 0 amide bonds. The predicted octanol–water partition coefficient (Wildman–Crippen LogP) is 3.40. The first-order valence-corrected chi connectivity index (χ1v) is 8.47. The van der Waals surface area contributed by atoms with E-state index in [4.69, 9.17) is 0 Å². The molecule has 1 N–H and O–H groups in total. The molecule has 0 unspecified atom stereocenters. The summed E-state index contributed by atoms with van der Waals surface area (Å²) < 4.78 is 2.25. The lowest BCUT2D eigenvalue weighted by atomic mass is 10.1. The molecule has 0 aliphatic heterocycles. The molecule has 0 radical (unpaired) electrons. The minimum absolute atomic E-state index is 0.340. The summed E-state index contributed by atoms with van der Waals surface area (Å²) in [6.07, 6.45) is 6.46. The van der Waals surface area contributed by atoms with Crippen LogP contribution in [0.2, 0.25) is 0 Å². The number of thiophene rings is 1. The van der Waals surface area contributed by atoms with Gasteiger partial charge in [0.25, 0.3) is 0 Å². The van der Waals surface area contributed by atoms with Gasteiger partial charge in [-0.05, 0) is 38.1 Å². The Kier molecular flexibility index (Phi) is 3.14. The standard InChI is InChI=1S/C16H19N5S/c1-11-19-14(13-3-8-22-15(13)20-11)18-9-16(4-5-16)10-21-7-6-17-12(21)2/h3,6-8H,4-5,9-10H2,1-2H3,(H,18,19,20). The van der Waals surface area contributed by atoms with Crippen LogP contribution in [0.5, 0.6) is 0 Å². The molecule has 1 fully saturated rings. The van der Waals surface area contributed by atoms with Crippen LogP contribution in [0.1, 0.15) is 24.5 Å². The average Bonchev–Trinajstić information content (AvgIpc) is 2.88. The Morgan fingerprint density at radius 1 is 1.32 bits per heavy atom. The van der Waals surface area contributed by atoms with Crippen molar-refractivity contribution in [1.29, 1.82) is 0 Å². The van der Waals surface area contributed by atoms with Crippen molar-refractivity contribution < 1.29 is 0 Å². The van der Waals surface area contributed by atoms with E-state index in [0.717, 1.165) is 40.8 Å². The topological polar surface area (TPSA) is 55.6 Å². The number of nitrogens with zero attached hydrogens (tertiary/aromatic N) is 4. The predicted molar refractivity (Wildman–Crippen MR) is 89.3 cm³/mol. The SMILES string of the molecule is Cc1nc(NCC2(Cn3ccnc3C)CC2)c2ccsc2n1. The summed E-state index contributed by atoms with van der Waals surface area (Å²) in [5.74, 6) is 2.88. The van der Waals surface area contributed by atoms with Crippen molar-refractivity contribution >= 4 is 27.4 Å². The quantitative estimate of drug-likeness (QED) is 0.784. The second-order valence-electron chi connectivity index (χ2n) is 6.21. The molecule has 0 saturated heterocycles. The maximum Gasteiger partial charge on any atom is 0.138 e. The van der Waals surface area contributed by atoms with Crippen LogP contribution in [-0.4, -0.2) is 26.1 Å². The first-order valence-electron chi connectivity index (χ1n) is 7.59. The summed E-state index contributed by atoms with van der Waals surface area (Å²) >= 11 is 1.67. The van der Waals surface area contributed by atoms with Crippen molar-refractivity contribution in [2.45, 2.75) is 33.2 Å². The highest BCUT2D eigenvalue weighted by atomic mass is 32.1. The number of anilines is 1. The van der Waals surface area contributed by atoms with Crippen molar-refractivity contribution in [3.63, 3.8) is 0 Å². The summed E-state index contributed by atoms with van der Waals surface area (Å²) in [4.78, 5) is 14.4. The molecule has 0 atom stereocenters. The molecule has 1 saturated carbocycles. The van der Waals surface area contributed by atoms with E-state index in [-0.39, 0.29) is 0 Å². The fourth-order valence-corrected chi connectivity index (χ4v) is 3.68. The van der Waals surface area contributed by atoms with Gasteiger partial charge >= 0.3 is 0 Å². The molecule has 3 aromatic rings. The maximum absolute atomic E-state index is 4.58. The molecule has 114 valence electrons. The first-order chi connectivity index (χ1) is 10.7. The first kappa shape index (κ1) is 13.7. The molecule has 3 aromatic heterocycles. The zero-order valence-electron chi connectivity index (χ0n) is 12.8. The van der Waals surface area contributed by atoms with Gasteiger partial charge in [0.1, 0.15) is 22.3 Å². The summed E-state index contributed by atoms with van der Waals surface area (Å²) in [7, 11) is 0. The monoisotopic (exact) mass is 313 g/mol. The lowest BCUT2D eigenvalue weighted by Gasteiger charge is -2.18. The summed E-state index contributed by atoms with van der Waals surface area (Å²) in [6.45, 7) is 5.99. The molecule has 1 aliphatic carbocycles. The smallest absolute Gasteiger partial charge is 0.138 e. The Bertz CT molecular complexity index is 815. The number of fused-ring (bicyclic) bond motifs is 1. The van der Waals surface area contributed by atoms with Gasteiger partial charge in [0.05, 0.1) is 5.39 Å². The van der Waals surface area contributed by atoms with Gasteiger partial charge in [-0.2, -0.15) is 0 Å². The second-order valence-corrected chi connectivity index (χ2v) is 7.11. The number of hydrogen-bond acceptors (Lipinski definition) is 5. The molecular weight excluding hydrogens is 294 g/mol.